The lowest BCUT2D eigenvalue weighted by molar-refractivity contribution is -0.139. The molecule has 0 aliphatic rings. The van der Waals surface area contributed by atoms with Crippen molar-refractivity contribution in [3.05, 3.63) is 107 Å². The van der Waals surface area contributed by atoms with E-state index < -0.39 is 35.6 Å². The molecule has 3 aromatic rings. The number of amides is 3. The van der Waals surface area contributed by atoms with Gasteiger partial charge < -0.3 is 20.3 Å². The summed E-state index contributed by atoms with van der Waals surface area (Å²) in [6.07, 6.45) is 1.14. The van der Waals surface area contributed by atoms with Gasteiger partial charge in [0.2, 0.25) is 5.91 Å². The summed E-state index contributed by atoms with van der Waals surface area (Å²) >= 11 is 6.39. The maximum atomic E-state index is 14.0. The van der Waals surface area contributed by atoms with Crippen molar-refractivity contribution < 1.29 is 19.1 Å². The molecule has 0 aromatic heterocycles. The highest BCUT2D eigenvalue weighted by molar-refractivity contribution is 6.34. The first-order chi connectivity index (χ1) is 18.9. The van der Waals surface area contributed by atoms with Crippen LogP contribution in [0, 0.1) is 6.92 Å². The first kappa shape index (κ1) is 30.4. The van der Waals surface area contributed by atoms with Crippen LogP contribution in [0.1, 0.15) is 49.1 Å². The van der Waals surface area contributed by atoms with Crippen molar-refractivity contribution >= 4 is 41.3 Å². The maximum Gasteiger partial charge on any atom is 0.408 e. The van der Waals surface area contributed by atoms with E-state index in [1.54, 1.807) is 64.2 Å². The van der Waals surface area contributed by atoms with Crippen LogP contribution in [0.2, 0.25) is 5.02 Å². The van der Waals surface area contributed by atoms with Crippen LogP contribution >= 0.6 is 11.6 Å². The topological polar surface area (TPSA) is 87.7 Å². The second-order valence-electron chi connectivity index (χ2n) is 10.5. The molecule has 210 valence electrons. The van der Waals surface area contributed by atoms with Crippen molar-refractivity contribution in [3.8, 4) is 0 Å². The van der Waals surface area contributed by atoms with Crippen LogP contribution < -0.4 is 10.6 Å². The van der Waals surface area contributed by atoms with E-state index in [2.05, 4.69) is 17.2 Å². The summed E-state index contributed by atoms with van der Waals surface area (Å²) in [4.78, 5) is 42.0. The molecule has 0 bridgehead atoms. The Morgan fingerprint density at radius 3 is 2.33 bits per heavy atom. The van der Waals surface area contributed by atoms with Crippen molar-refractivity contribution in [3.63, 3.8) is 0 Å². The second-order valence-corrected chi connectivity index (χ2v) is 10.9. The average molecular weight is 562 g/mol. The lowest BCUT2D eigenvalue weighted by Gasteiger charge is -2.32. The largest absolute Gasteiger partial charge is 0.444 e. The molecule has 3 amide bonds. The molecular formula is C32H36ClN3O4. The van der Waals surface area contributed by atoms with Gasteiger partial charge in [0.05, 0.1) is 10.7 Å². The number of benzene rings is 3. The van der Waals surface area contributed by atoms with Gasteiger partial charge in [-0.1, -0.05) is 84.9 Å². The van der Waals surface area contributed by atoms with Gasteiger partial charge in [0.1, 0.15) is 17.7 Å². The number of para-hydroxylation sites is 1. The smallest absolute Gasteiger partial charge is 0.408 e. The van der Waals surface area contributed by atoms with E-state index in [1.807, 2.05) is 49.4 Å². The zero-order valence-electron chi connectivity index (χ0n) is 23.5. The quantitative estimate of drug-likeness (QED) is 0.309. The third-order valence-electron chi connectivity index (χ3n) is 6.19. The van der Waals surface area contributed by atoms with Crippen LogP contribution in [0.4, 0.5) is 10.5 Å². The summed E-state index contributed by atoms with van der Waals surface area (Å²) in [5, 5.41) is 6.01. The number of nitrogens with one attached hydrogen (secondary N) is 2. The highest BCUT2D eigenvalue weighted by atomic mass is 35.5. The molecule has 3 aromatic carbocycles. The predicted octanol–water partition coefficient (Wildman–Crippen LogP) is 6.57. The zero-order chi connectivity index (χ0) is 29.4. The molecule has 2 atom stereocenters. The first-order valence-corrected chi connectivity index (χ1v) is 13.4. The molecule has 2 unspecified atom stereocenters. The Hall–Kier alpha value is -4.10. The minimum Gasteiger partial charge on any atom is -0.444 e. The van der Waals surface area contributed by atoms with Crippen molar-refractivity contribution in [1.29, 1.82) is 0 Å². The van der Waals surface area contributed by atoms with Gasteiger partial charge in [-0.25, -0.2) is 4.79 Å². The Labute approximate surface area is 241 Å². The van der Waals surface area contributed by atoms with E-state index in [4.69, 9.17) is 16.3 Å². The summed E-state index contributed by atoms with van der Waals surface area (Å²) in [7, 11) is 1.54. The number of ether oxygens (including phenoxy) is 1. The van der Waals surface area contributed by atoms with Crippen molar-refractivity contribution in [2.45, 2.75) is 51.8 Å². The van der Waals surface area contributed by atoms with Crippen molar-refractivity contribution in [1.82, 2.24) is 10.2 Å². The minimum absolute atomic E-state index is 0.202. The number of carbonyl (C=O) groups excluding carboxylic acids is 3. The number of nitrogens with zero attached hydrogens (tertiary/aromatic N) is 1. The van der Waals surface area contributed by atoms with E-state index in [-0.39, 0.29) is 6.42 Å². The fourth-order valence-corrected chi connectivity index (χ4v) is 4.53. The lowest BCUT2D eigenvalue weighted by Crippen LogP contribution is -2.52. The predicted molar refractivity (Wildman–Crippen MR) is 160 cm³/mol. The molecular weight excluding hydrogens is 526 g/mol. The van der Waals surface area contributed by atoms with E-state index in [1.165, 1.54) is 4.90 Å². The average Bonchev–Trinajstić information content (AvgIpc) is 2.90. The van der Waals surface area contributed by atoms with Gasteiger partial charge in [-0.3, -0.25) is 9.59 Å². The monoisotopic (exact) mass is 561 g/mol. The molecule has 0 aliphatic carbocycles. The molecule has 40 heavy (non-hydrogen) atoms. The summed E-state index contributed by atoms with van der Waals surface area (Å²) in [6.45, 7) is 10.9. The molecule has 0 fully saturated rings. The van der Waals surface area contributed by atoms with Gasteiger partial charge >= 0.3 is 6.09 Å². The van der Waals surface area contributed by atoms with Gasteiger partial charge in [0.25, 0.3) is 5.91 Å². The van der Waals surface area contributed by atoms with Crippen LogP contribution in [0.3, 0.4) is 0 Å². The molecule has 0 radical (unpaired) electrons. The first-order valence-electron chi connectivity index (χ1n) is 13.0. The maximum absolute atomic E-state index is 14.0. The fraction of sp³-hybridized carbons (Fsp3) is 0.281. The highest BCUT2D eigenvalue weighted by Crippen LogP contribution is 2.29. The normalized spacial score (nSPS) is 12.6. The van der Waals surface area contributed by atoms with E-state index in [0.29, 0.717) is 16.3 Å². The van der Waals surface area contributed by atoms with Gasteiger partial charge in [-0.05, 0) is 62.1 Å². The van der Waals surface area contributed by atoms with Gasteiger partial charge in [0, 0.05) is 13.5 Å². The SMILES string of the molecule is C=Cc1cccc(C(C(=O)Nc2c(C)cccc2Cl)N(C)C(=O)C(Cc2ccccc2)NC(=O)OC(C)(C)C)c1. The van der Waals surface area contributed by atoms with E-state index in [9.17, 15) is 14.4 Å². The summed E-state index contributed by atoms with van der Waals surface area (Å²) in [6, 6.07) is 19.8. The number of aryl methyl sites for hydroxylation is 1. The Morgan fingerprint density at radius 2 is 1.70 bits per heavy atom. The van der Waals surface area contributed by atoms with Gasteiger partial charge in [-0.2, -0.15) is 0 Å². The Kier molecular flexibility index (Phi) is 10.1. The third kappa shape index (κ3) is 8.20. The zero-order valence-corrected chi connectivity index (χ0v) is 24.3. The summed E-state index contributed by atoms with van der Waals surface area (Å²) in [5.41, 5.74) is 2.70. The summed E-state index contributed by atoms with van der Waals surface area (Å²) in [5.74, 6) is -0.918. The highest BCUT2D eigenvalue weighted by Gasteiger charge is 2.34. The van der Waals surface area contributed by atoms with Gasteiger partial charge in [0.15, 0.2) is 0 Å². The molecule has 8 heteroatoms. The second kappa shape index (κ2) is 13.3. The molecule has 7 nitrogen and oxygen atoms in total. The number of anilines is 1. The number of alkyl carbamates (subject to hydrolysis) is 1. The van der Waals surface area contributed by atoms with Gasteiger partial charge in [-0.15, -0.1) is 0 Å². The number of halogens is 1. The Morgan fingerprint density at radius 1 is 1.02 bits per heavy atom. The van der Waals surface area contributed by atoms with Crippen molar-refractivity contribution in [2.75, 3.05) is 12.4 Å². The fourth-order valence-electron chi connectivity index (χ4n) is 4.26. The Bertz CT molecular complexity index is 1350. The van der Waals surface area contributed by atoms with Crippen LogP contribution in [0.25, 0.3) is 6.08 Å². The number of carbonyl (C=O) groups is 3. The molecule has 0 aliphatic heterocycles. The number of rotatable bonds is 9. The summed E-state index contributed by atoms with van der Waals surface area (Å²) < 4.78 is 5.44. The molecule has 0 heterocycles. The Balaban J connectivity index is 2.00. The molecule has 2 N–H and O–H groups in total. The number of hydrogen-bond donors (Lipinski definition) is 2. The standard InChI is InChI=1S/C32H36ClN3O4/c1-7-22-16-12-17-24(19-22)28(29(37)35-27-21(2)13-11-18-25(27)33)36(6)30(38)26(20-23-14-9-8-10-15-23)34-31(39)40-32(3,4)5/h7-19,26,28H,1,20H2,2-6H3,(H,34,39)(H,35,37). The molecule has 3 rings (SSSR count). The molecule has 0 saturated carbocycles. The minimum atomic E-state index is -1.04. The lowest BCUT2D eigenvalue weighted by atomic mass is 9.99. The van der Waals surface area contributed by atoms with Crippen molar-refractivity contribution in [2.24, 2.45) is 0 Å². The van der Waals surface area contributed by atoms with Crippen LogP contribution in [0.5, 0.6) is 0 Å². The van der Waals surface area contributed by atoms with E-state index in [0.717, 1.165) is 16.7 Å². The van der Waals surface area contributed by atoms with E-state index >= 15 is 0 Å². The molecule has 0 spiro atoms. The van der Waals surface area contributed by atoms with Crippen LogP contribution in [-0.4, -0.2) is 41.5 Å². The van der Waals surface area contributed by atoms with Crippen LogP contribution in [0.15, 0.2) is 79.4 Å². The van der Waals surface area contributed by atoms with Crippen LogP contribution in [-0.2, 0) is 20.7 Å². The number of hydrogen-bond acceptors (Lipinski definition) is 4. The number of likely N-dealkylation sites (N-methyl/N-ethyl adjacent to an activating group) is 1. The molecule has 0 saturated heterocycles. The third-order valence-corrected chi connectivity index (χ3v) is 6.50.